The first-order chi connectivity index (χ1) is 10.4. The molecule has 2 aliphatic carbocycles. The lowest BCUT2D eigenvalue weighted by Gasteiger charge is -2.22. The van der Waals surface area contributed by atoms with Gasteiger partial charge in [-0.1, -0.05) is 32.1 Å². The molecule has 3 unspecified atom stereocenters. The molecule has 0 bridgehead atoms. The molecule has 2 N–H and O–H groups in total. The first kappa shape index (κ1) is 18.3. The molecule has 2 saturated carbocycles. The number of nitrogens with one attached hydrogen (secondary N) is 2. The minimum absolute atomic E-state index is 0. The Balaban J connectivity index is 0.00000176. The summed E-state index contributed by atoms with van der Waals surface area (Å²) in [7, 11) is 0. The van der Waals surface area contributed by atoms with E-state index in [9.17, 15) is 0 Å². The summed E-state index contributed by atoms with van der Waals surface area (Å²) in [5.41, 5.74) is 0. The van der Waals surface area contributed by atoms with Gasteiger partial charge in [-0.25, -0.2) is 0 Å². The summed E-state index contributed by atoms with van der Waals surface area (Å²) >= 11 is 0. The van der Waals surface area contributed by atoms with Crippen LogP contribution in [0.25, 0.3) is 0 Å². The van der Waals surface area contributed by atoms with Crippen LogP contribution in [0.3, 0.4) is 0 Å². The van der Waals surface area contributed by atoms with Crippen molar-refractivity contribution in [3.63, 3.8) is 0 Å². The number of nitrogens with zero attached hydrogens (tertiary/aromatic N) is 1. The fourth-order valence-electron chi connectivity index (χ4n) is 3.91. The fourth-order valence-corrected chi connectivity index (χ4v) is 3.91. The standard InChI is InChI=1S/C17H31N3O.HI/c1-2-18-17(19-11-13-8-9-21-12-13)20-16-10-15(16)14-6-4-3-5-7-14;/h13-16H,2-12H2,1H3,(H2,18,19,20);1H. The Bertz CT molecular complexity index is 352. The molecule has 0 spiro atoms. The average Bonchev–Trinajstić information content (AvgIpc) is 3.08. The number of aliphatic imine (C=N–C) groups is 1. The van der Waals surface area contributed by atoms with Crippen molar-refractivity contribution in [2.45, 2.75) is 57.9 Å². The lowest BCUT2D eigenvalue weighted by atomic mass is 9.85. The first-order valence-corrected chi connectivity index (χ1v) is 8.99. The normalized spacial score (nSPS) is 32.4. The molecule has 3 atom stereocenters. The molecule has 0 amide bonds. The Morgan fingerprint density at radius 2 is 2.00 bits per heavy atom. The van der Waals surface area contributed by atoms with E-state index in [0.717, 1.165) is 50.5 Å². The molecule has 0 aromatic heterocycles. The molecule has 3 fully saturated rings. The van der Waals surface area contributed by atoms with E-state index in [-0.39, 0.29) is 24.0 Å². The van der Waals surface area contributed by atoms with Crippen LogP contribution in [-0.2, 0) is 4.74 Å². The van der Waals surface area contributed by atoms with Crippen LogP contribution in [0.15, 0.2) is 4.99 Å². The molecular formula is C17H32IN3O. The summed E-state index contributed by atoms with van der Waals surface area (Å²) in [5.74, 6) is 3.52. The maximum atomic E-state index is 5.43. The highest BCUT2D eigenvalue weighted by Gasteiger charge is 2.43. The molecule has 1 aliphatic heterocycles. The number of ether oxygens (including phenoxy) is 1. The van der Waals surface area contributed by atoms with Gasteiger partial charge in [-0.2, -0.15) is 0 Å². The Morgan fingerprint density at radius 3 is 2.68 bits per heavy atom. The second kappa shape index (κ2) is 9.30. The fraction of sp³-hybridized carbons (Fsp3) is 0.941. The molecule has 0 aromatic rings. The van der Waals surface area contributed by atoms with Crippen molar-refractivity contribution in [3.8, 4) is 0 Å². The molecule has 0 radical (unpaired) electrons. The van der Waals surface area contributed by atoms with E-state index in [1.807, 2.05) is 0 Å². The zero-order valence-corrected chi connectivity index (χ0v) is 16.2. The zero-order chi connectivity index (χ0) is 14.5. The Morgan fingerprint density at radius 1 is 1.18 bits per heavy atom. The molecule has 22 heavy (non-hydrogen) atoms. The number of rotatable bonds is 5. The van der Waals surface area contributed by atoms with Crippen LogP contribution in [0, 0.1) is 17.8 Å². The van der Waals surface area contributed by atoms with Crippen molar-refractivity contribution < 1.29 is 4.74 Å². The molecule has 5 heteroatoms. The van der Waals surface area contributed by atoms with Crippen molar-refractivity contribution >= 4 is 29.9 Å². The average molecular weight is 421 g/mol. The van der Waals surface area contributed by atoms with Gasteiger partial charge in [0.1, 0.15) is 0 Å². The first-order valence-electron chi connectivity index (χ1n) is 8.99. The second-order valence-electron chi connectivity index (χ2n) is 7.00. The monoisotopic (exact) mass is 421 g/mol. The summed E-state index contributed by atoms with van der Waals surface area (Å²) in [6.07, 6.45) is 9.77. The molecule has 128 valence electrons. The van der Waals surface area contributed by atoms with E-state index in [4.69, 9.17) is 9.73 Å². The SMILES string of the molecule is CCNC(=NCC1CCOC1)NC1CC1C1CCCCC1.I. The Hall–Kier alpha value is -0.0400. The van der Waals surface area contributed by atoms with Crippen molar-refractivity contribution in [2.24, 2.45) is 22.7 Å². The third-order valence-corrected chi connectivity index (χ3v) is 5.29. The smallest absolute Gasteiger partial charge is 0.191 e. The van der Waals surface area contributed by atoms with Gasteiger partial charge in [0, 0.05) is 31.7 Å². The van der Waals surface area contributed by atoms with Gasteiger partial charge in [0.2, 0.25) is 0 Å². The molecular weight excluding hydrogens is 389 g/mol. The van der Waals surface area contributed by atoms with Crippen molar-refractivity contribution in [1.82, 2.24) is 10.6 Å². The maximum Gasteiger partial charge on any atom is 0.191 e. The quantitative estimate of drug-likeness (QED) is 0.407. The van der Waals surface area contributed by atoms with Crippen LogP contribution in [0.2, 0.25) is 0 Å². The van der Waals surface area contributed by atoms with E-state index in [0.29, 0.717) is 12.0 Å². The van der Waals surface area contributed by atoms with Gasteiger partial charge in [-0.05, 0) is 31.6 Å². The van der Waals surface area contributed by atoms with Crippen LogP contribution < -0.4 is 10.6 Å². The molecule has 4 nitrogen and oxygen atoms in total. The summed E-state index contributed by atoms with van der Waals surface area (Å²) in [6, 6.07) is 0.672. The van der Waals surface area contributed by atoms with Gasteiger partial charge >= 0.3 is 0 Å². The van der Waals surface area contributed by atoms with Crippen LogP contribution >= 0.6 is 24.0 Å². The molecule has 3 rings (SSSR count). The Kier molecular flexibility index (Phi) is 7.74. The molecule has 1 heterocycles. The van der Waals surface area contributed by atoms with Crippen LogP contribution in [0.4, 0.5) is 0 Å². The van der Waals surface area contributed by atoms with E-state index in [2.05, 4.69) is 17.6 Å². The molecule has 3 aliphatic rings. The Labute approximate surface area is 152 Å². The number of halogens is 1. The van der Waals surface area contributed by atoms with Crippen LogP contribution in [-0.4, -0.2) is 38.3 Å². The summed E-state index contributed by atoms with van der Waals surface area (Å²) in [6.45, 7) is 5.78. The van der Waals surface area contributed by atoms with Crippen LogP contribution in [0.1, 0.15) is 51.9 Å². The second-order valence-corrected chi connectivity index (χ2v) is 7.00. The van der Waals surface area contributed by atoms with Gasteiger partial charge < -0.3 is 15.4 Å². The lowest BCUT2D eigenvalue weighted by molar-refractivity contribution is 0.187. The van der Waals surface area contributed by atoms with Crippen LogP contribution in [0.5, 0.6) is 0 Å². The minimum atomic E-state index is 0. The number of hydrogen-bond acceptors (Lipinski definition) is 2. The summed E-state index contributed by atoms with van der Waals surface area (Å²) < 4.78 is 5.43. The van der Waals surface area contributed by atoms with Crippen molar-refractivity contribution in [1.29, 1.82) is 0 Å². The van der Waals surface area contributed by atoms with E-state index < -0.39 is 0 Å². The minimum Gasteiger partial charge on any atom is -0.381 e. The van der Waals surface area contributed by atoms with Gasteiger partial charge in [0.25, 0.3) is 0 Å². The lowest BCUT2D eigenvalue weighted by Crippen LogP contribution is -2.40. The van der Waals surface area contributed by atoms with Gasteiger partial charge in [0.05, 0.1) is 6.61 Å². The maximum absolute atomic E-state index is 5.43. The third kappa shape index (κ3) is 5.25. The largest absolute Gasteiger partial charge is 0.381 e. The van der Waals surface area contributed by atoms with E-state index >= 15 is 0 Å². The molecule has 0 aromatic carbocycles. The zero-order valence-electron chi connectivity index (χ0n) is 13.9. The number of hydrogen-bond donors (Lipinski definition) is 2. The van der Waals surface area contributed by atoms with Crippen molar-refractivity contribution in [2.75, 3.05) is 26.3 Å². The molecule has 1 saturated heterocycles. The van der Waals surface area contributed by atoms with Gasteiger partial charge in [0.15, 0.2) is 5.96 Å². The summed E-state index contributed by atoms with van der Waals surface area (Å²) in [4.78, 5) is 4.77. The van der Waals surface area contributed by atoms with Gasteiger partial charge in [-0.3, -0.25) is 4.99 Å². The van der Waals surface area contributed by atoms with Gasteiger partial charge in [-0.15, -0.1) is 24.0 Å². The highest BCUT2D eigenvalue weighted by molar-refractivity contribution is 14.0. The highest BCUT2D eigenvalue weighted by Crippen LogP contribution is 2.44. The summed E-state index contributed by atoms with van der Waals surface area (Å²) in [5, 5.41) is 7.06. The third-order valence-electron chi connectivity index (χ3n) is 5.29. The van der Waals surface area contributed by atoms with E-state index in [1.165, 1.54) is 38.5 Å². The van der Waals surface area contributed by atoms with E-state index in [1.54, 1.807) is 0 Å². The number of guanidine groups is 1. The van der Waals surface area contributed by atoms with Crippen molar-refractivity contribution in [3.05, 3.63) is 0 Å². The topological polar surface area (TPSA) is 45.7 Å². The predicted octanol–water partition coefficient (Wildman–Crippen LogP) is 3.16. The highest BCUT2D eigenvalue weighted by atomic mass is 127. The predicted molar refractivity (Wildman–Crippen MR) is 102 cm³/mol.